The summed E-state index contributed by atoms with van der Waals surface area (Å²) in [4.78, 5) is 44.5. The van der Waals surface area contributed by atoms with Crippen molar-refractivity contribution in [2.75, 3.05) is 13.1 Å². The molecule has 0 bridgehead atoms. The molecule has 1 saturated heterocycles. The molecule has 2 aliphatic heterocycles. The maximum Gasteiger partial charge on any atom is 0.350 e. The van der Waals surface area contributed by atoms with Crippen molar-refractivity contribution >= 4 is 23.6 Å². The Hall–Kier alpha value is -3.03. The van der Waals surface area contributed by atoms with Crippen molar-refractivity contribution in [3.63, 3.8) is 0 Å². The maximum atomic E-state index is 12.7. The van der Waals surface area contributed by atoms with Gasteiger partial charge in [0, 0.05) is 25.2 Å². The molecule has 3 heterocycles. The number of likely N-dealkylation sites (tertiary alicyclic amines) is 1. The number of aromatic nitrogens is 1. The van der Waals surface area contributed by atoms with Crippen LogP contribution in [0.25, 0.3) is 0 Å². The fourth-order valence-corrected chi connectivity index (χ4v) is 3.55. The summed E-state index contributed by atoms with van der Waals surface area (Å²) in [6.45, 7) is 2.63. The van der Waals surface area contributed by atoms with E-state index in [1.54, 1.807) is 42.2 Å². The first-order chi connectivity index (χ1) is 12.5. The lowest BCUT2D eigenvalue weighted by atomic mass is 9.93. The number of aliphatic imine (C=N–C) groups is 1. The average Bonchev–Trinajstić information content (AvgIpc) is 3.08. The second kappa shape index (κ2) is 6.36. The predicted octanol–water partition coefficient (Wildman–Crippen LogP) is 1.73. The molecule has 1 aromatic rings. The number of hydrogen-bond acceptors (Lipinski definition) is 5. The molecule has 0 spiro atoms. The number of carbonyl (C=O) groups is 3. The van der Waals surface area contributed by atoms with Crippen LogP contribution in [0.5, 0.6) is 0 Å². The van der Waals surface area contributed by atoms with Crippen molar-refractivity contribution in [3.8, 4) is 0 Å². The number of piperidine rings is 1. The Morgan fingerprint density at radius 2 is 2.00 bits per heavy atom. The van der Waals surface area contributed by atoms with Crippen LogP contribution in [0, 0.1) is 12.8 Å². The first-order valence-corrected chi connectivity index (χ1v) is 8.57. The number of hydrogen-bond donors (Lipinski definition) is 0. The van der Waals surface area contributed by atoms with Gasteiger partial charge in [0.05, 0.1) is 11.6 Å². The molecule has 0 radical (unpaired) electrons. The van der Waals surface area contributed by atoms with Crippen molar-refractivity contribution in [1.29, 1.82) is 0 Å². The van der Waals surface area contributed by atoms with Gasteiger partial charge in [-0.15, -0.1) is 0 Å². The average molecular weight is 354 g/mol. The van der Waals surface area contributed by atoms with Crippen LogP contribution < -0.4 is 0 Å². The van der Waals surface area contributed by atoms with Crippen molar-refractivity contribution in [3.05, 3.63) is 41.8 Å². The van der Waals surface area contributed by atoms with Crippen LogP contribution >= 0.6 is 0 Å². The Morgan fingerprint density at radius 1 is 1.23 bits per heavy atom. The Bertz CT molecular complexity index is 858. The summed E-state index contributed by atoms with van der Waals surface area (Å²) < 4.78 is 4.95. The van der Waals surface area contributed by atoms with Gasteiger partial charge in [-0.2, -0.15) is 4.99 Å². The smallest absolute Gasteiger partial charge is 0.350 e. The number of allylic oxidation sites excluding steroid dienone is 3. The van der Waals surface area contributed by atoms with E-state index in [0.717, 1.165) is 0 Å². The van der Waals surface area contributed by atoms with Gasteiger partial charge in [0.1, 0.15) is 5.76 Å². The third kappa shape index (κ3) is 2.77. The molecule has 134 valence electrons. The summed E-state index contributed by atoms with van der Waals surface area (Å²) in [7, 11) is 0. The molecule has 4 amide bonds. The lowest BCUT2D eigenvalue weighted by Crippen LogP contribution is -2.54. The summed E-state index contributed by atoms with van der Waals surface area (Å²) in [5.74, 6) is -0.346. The van der Waals surface area contributed by atoms with E-state index < -0.39 is 11.9 Å². The van der Waals surface area contributed by atoms with E-state index in [4.69, 9.17) is 4.52 Å². The van der Waals surface area contributed by atoms with E-state index in [2.05, 4.69) is 10.1 Å². The largest absolute Gasteiger partial charge is 0.361 e. The fraction of sp³-hybridized carbons (Fsp3) is 0.389. The number of urea groups is 1. The van der Waals surface area contributed by atoms with Crippen LogP contribution in [0.1, 0.15) is 29.1 Å². The topological polar surface area (TPSA) is 96.1 Å². The highest BCUT2D eigenvalue weighted by Gasteiger charge is 2.41. The van der Waals surface area contributed by atoms with Gasteiger partial charge < -0.3 is 9.42 Å². The van der Waals surface area contributed by atoms with E-state index in [9.17, 15) is 14.4 Å². The van der Waals surface area contributed by atoms with Gasteiger partial charge in [-0.1, -0.05) is 23.4 Å². The van der Waals surface area contributed by atoms with Gasteiger partial charge >= 0.3 is 6.03 Å². The van der Waals surface area contributed by atoms with Crippen LogP contribution in [0.4, 0.5) is 4.79 Å². The van der Waals surface area contributed by atoms with Crippen LogP contribution in [-0.4, -0.2) is 57.6 Å². The first-order valence-electron chi connectivity index (χ1n) is 8.57. The number of amides is 4. The van der Waals surface area contributed by atoms with Gasteiger partial charge in [0.15, 0.2) is 5.69 Å². The highest BCUT2D eigenvalue weighted by atomic mass is 16.5. The van der Waals surface area contributed by atoms with E-state index in [1.807, 2.05) is 0 Å². The minimum Gasteiger partial charge on any atom is -0.361 e. The Balaban J connectivity index is 1.45. The summed E-state index contributed by atoms with van der Waals surface area (Å²) in [6.07, 6.45) is 8.05. The summed E-state index contributed by atoms with van der Waals surface area (Å²) >= 11 is 0. The van der Waals surface area contributed by atoms with Crippen molar-refractivity contribution < 1.29 is 18.9 Å². The van der Waals surface area contributed by atoms with Gasteiger partial charge in [0.25, 0.3) is 5.91 Å². The molecule has 1 aliphatic carbocycles. The third-order valence-electron chi connectivity index (χ3n) is 4.90. The van der Waals surface area contributed by atoms with E-state index in [1.165, 1.54) is 4.90 Å². The Morgan fingerprint density at radius 3 is 2.69 bits per heavy atom. The molecule has 3 aliphatic rings. The van der Waals surface area contributed by atoms with E-state index in [-0.39, 0.29) is 23.6 Å². The first kappa shape index (κ1) is 16.4. The molecule has 1 aromatic heterocycles. The van der Waals surface area contributed by atoms with Crippen molar-refractivity contribution in [1.82, 2.24) is 15.0 Å². The molecule has 1 unspecified atom stereocenters. The minimum absolute atomic E-state index is 0.197. The normalized spacial score (nSPS) is 23.3. The molecule has 4 rings (SSSR count). The zero-order valence-electron chi connectivity index (χ0n) is 14.3. The van der Waals surface area contributed by atoms with Crippen molar-refractivity contribution in [2.45, 2.75) is 25.8 Å². The molecule has 26 heavy (non-hydrogen) atoms. The molecule has 8 nitrogen and oxygen atoms in total. The highest BCUT2D eigenvalue weighted by molar-refractivity contribution is 6.21. The number of fused-ring (bicyclic) bond motifs is 1. The highest BCUT2D eigenvalue weighted by Crippen LogP contribution is 2.26. The van der Waals surface area contributed by atoms with Gasteiger partial charge in [-0.25, -0.2) is 4.79 Å². The van der Waals surface area contributed by atoms with E-state index in [0.29, 0.717) is 37.4 Å². The SMILES string of the molecule is Cc1cc(C(=O)N2CCC(N3C(=O)N=C4C=CC=CC4C3=O)CC2)no1. The lowest BCUT2D eigenvalue weighted by Gasteiger charge is -2.39. The number of carbonyl (C=O) groups excluding carboxylic acids is 3. The summed E-state index contributed by atoms with van der Waals surface area (Å²) in [6, 6.07) is 0.839. The van der Waals surface area contributed by atoms with Crippen molar-refractivity contribution in [2.24, 2.45) is 10.9 Å². The summed E-state index contributed by atoms with van der Waals surface area (Å²) in [5.41, 5.74) is 0.771. The fourth-order valence-electron chi connectivity index (χ4n) is 3.55. The molecule has 8 heteroatoms. The maximum absolute atomic E-state index is 12.7. The lowest BCUT2D eigenvalue weighted by molar-refractivity contribution is -0.131. The minimum atomic E-state index is -0.516. The number of imide groups is 1. The molecular formula is C18H18N4O4. The van der Waals surface area contributed by atoms with Gasteiger partial charge in [-0.3, -0.25) is 14.5 Å². The second-order valence-corrected chi connectivity index (χ2v) is 6.60. The zero-order chi connectivity index (χ0) is 18.3. The molecule has 0 saturated carbocycles. The standard InChI is InChI=1S/C18H18N4O4/c1-11-10-15(20-26-11)17(24)21-8-6-12(7-9-21)22-16(23)13-4-2-3-5-14(13)19-18(22)25/h2-5,10,12-13H,6-9H2,1H3. The molecule has 0 N–H and O–H groups in total. The molecule has 1 atom stereocenters. The molecular weight excluding hydrogens is 336 g/mol. The van der Waals surface area contributed by atoms with E-state index >= 15 is 0 Å². The van der Waals surface area contributed by atoms with Crippen LogP contribution in [0.15, 0.2) is 39.9 Å². The summed E-state index contributed by atoms with van der Waals surface area (Å²) in [5, 5.41) is 3.75. The third-order valence-corrected chi connectivity index (χ3v) is 4.90. The Kier molecular flexibility index (Phi) is 4.02. The van der Waals surface area contributed by atoms with Crippen LogP contribution in [0.2, 0.25) is 0 Å². The number of aryl methyl sites for hydroxylation is 1. The second-order valence-electron chi connectivity index (χ2n) is 6.60. The van der Waals surface area contributed by atoms with Gasteiger partial charge in [-0.05, 0) is 25.8 Å². The molecule has 1 fully saturated rings. The molecule has 0 aromatic carbocycles. The predicted molar refractivity (Wildman–Crippen MR) is 91.6 cm³/mol. The van der Waals surface area contributed by atoms with Crippen LogP contribution in [-0.2, 0) is 4.79 Å². The zero-order valence-corrected chi connectivity index (χ0v) is 14.3. The monoisotopic (exact) mass is 354 g/mol. The number of nitrogens with zero attached hydrogens (tertiary/aromatic N) is 4. The Labute approximate surface area is 149 Å². The number of rotatable bonds is 2. The quantitative estimate of drug-likeness (QED) is 0.806. The van der Waals surface area contributed by atoms with Gasteiger partial charge in [0.2, 0.25) is 5.91 Å². The van der Waals surface area contributed by atoms with Crippen LogP contribution in [0.3, 0.4) is 0 Å².